The maximum atomic E-state index is 12.1. The summed E-state index contributed by atoms with van der Waals surface area (Å²) in [5, 5.41) is 19.7. The van der Waals surface area contributed by atoms with Crippen molar-refractivity contribution in [1.29, 1.82) is 5.41 Å². The van der Waals surface area contributed by atoms with E-state index in [1.165, 1.54) is 16.2 Å². The number of hydrogen-bond acceptors (Lipinski definition) is 6. The molecule has 1 unspecified atom stereocenters. The second-order valence-corrected chi connectivity index (χ2v) is 6.46. The van der Waals surface area contributed by atoms with Crippen molar-refractivity contribution in [3.63, 3.8) is 0 Å². The minimum Gasteiger partial charge on any atom is -0.488 e. The number of nitrogens with two attached hydrogens (primary N) is 1. The lowest BCUT2D eigenvalue weighted by Gasteiger charge is -2.13. The van der Waals surface area contributed by atoms with Crippen LogP contribution in [0.25, 0.3) is 0 Å². The van der Waals surface area contributed by atoms with Gasteiger partial charge in [0.1, 0.15) is 18.2 Å². The first-order chi connectivity index (χ1) is 12.4. The number of cyclic esters (lactones) is 1. The molecular weight excluding hydrogens is 358 g/mol. The Hall–Kier alpha value is -3.07. The lowest BCUT2D eigenvalue weighted by Crippen LogP contribution is -2.26. The fourth-order valence-corrected chi connectivity index (χ4v) is 3.33. The molecule has 1 amide bonds. The summed E-state index contributed by atoms with van der Waals surface area (Å²) in [4.78, 5) is 24.4. The van der Waals surface area contributed by atoms with E-state index in [1.807, 2.05) is 0 Å². The highest BCUT2D eigenvalue weighted by molar-refractivity contribution is 7.08. The number of carboxylic acids is 1. The lowest BCUT2D eigenvalue weighted by atomic mass is 10.2. The molecule has 0 radical (unpaired) electrons. The number of carboxylic acid groups (broad SMARTS) is 1. The van der Waals surface area contributed by atoms with E-state index in [0.717, 1.165) is 0 Å². The van der Waals surface area contributed by atoms with Gasteiger partial charge in [0.05, 0.1) is 13.0 Å². The third-order valence-corrected chi connectivity index (χ3v) is 4.60. The Morgan fingerprint density at radius 1 is 1.38 bits per heavy atom. The highest BCUT2D eigenvalue weighted by atomic mass is 32.1. The summed E-state index contributed by atoms with van der Waals surface area (Å²) in [6.07, 6.45) is -1.06. The number of benzene rings is 1. The molecule has 2 heterocycles. The molecule has 1 aliphatic heterocycles. The van der Waals surface area contributed by atoms with Gasteiger partial charge in [0.2, 0.25) is 0 Å². The molecule has 26 heavy (non-hydrogen) atoms. The number of aliphatic carboxylic acids is 1. The Bertz CT molecular complexity index is 833. The highest BCUT2D eigenvalue weighted by Gasteiger charge is 2.33. The third-order valence-electron chi connectivity index (χ3n) is 3.83. The number of rotatable bonds is 7. The van der Waals surface area contributed by atoms with Crippen molar-refractivity contribution in [1.82, 2.24) is 0 Å². The number of thiophene rings is 1. The van der Waals surface area contributed by atoms with E-state index >= 15 is 0 Å². The first-order valence-electron chi connectivity index (χ1n) is 7.76. The quantitative estimate of drug-likeness (QED) is 0.502. The number of amides is 1. The molecule has 2 aromatic rings. The molecule has 1 aliphatic rings. The SMILES string of the molecule is N=C(N)c1ccc(N2CC(COc3cscc3CC(=O)O)OC2=O)cc1. The van der Waals surface area contributed by atoms with E-state index in [9.17, 15) is 9.59 Å². The van der Waals surface area contributed by atoms with Crippen molar-refractivity contribution in [2.24, 2.45) is 5.73 Å². The van der Waals surface area contributed by atoms with E-state index in [2.05, 4.69) is 0 Å². The van der Waals surface area contributed by atoms with Crippen LogP contribution in [0.15, 0.2) is 35.0 Å². The number of carbonyl (C=O) groups is 2. The van der Waals surface area contributed by atoms with E-state index < -0.39 is 18.2 Å². The topological polar surface area (TPSA) is 126 Å². The van der Waals surface area contributed by atoms with Crippen LogP contribution in [0.5, 0.6) is 5.75 Å². The molecule has 1 atom stereocenters. The number of ether oxygens (including phenoxy) is 2. The molecule has 0 spiro atoms. The van der Waals surface area contributed by atoms with Crippen LogP contribution in [0.3, 0.4) is 0 Å². The minimum atomic E-state index is -0.930. The van der Waals surface area contributed by atoms with Gasteiger partial charge in [0.25, 0.3) is 0 Å². The van der Waals surface area contributed by atoms with E-state index in [4.69, 9.17) is 25.7 Å². The highest BCUT2D eigenvalue weighted by Crippen LogP contribution is 2.26. The van der Waals surface area contributed by atoms with Gasteiger partial charge < -0.3 is 20.3 Å². The summed E-state index contributed by atoms with van der Waals surface area (Å²) < 4.78 is 11.0. The lowest BCUT2D eigenvalue weighted by molar-refractivity contribution is -0.136. The zero-order valence-corrected chi connectivity index (χ0v) is 14.5. The largest absolute Gasteiger partial charge is 0.488 e. The Kier molecular flexibility index (Phi) is 5.08. The molecule has 1 aromatic heterocycles. The van der Waals surface area contributed by atoms with Crippen molar-refractivity contribution in [3.05, 3.63) is 46.2 Å². The van der Waals surface area contributed by atoms with Gasteiger partial charge in [-0.15, -0.1) is 11.3 Å². The number of nitrogen functional groups attached to an aromatic ring is 1. The molecule has 0 aliphatic carbocycles. The standard InChI is InChI=1S/C17H17N3O5S/c18-16(19)10-1-3-12(4-2-10)20-6-13(25-17(20)23)7-24-14-9-26-8-11(14)5-15(21)22/h1-4,8-9,13H,5-7H2,(H3,18,19)(H,21,22). The number of anilines is 1. The average molecular weight is 375 g/mol. The van der Waals surface area contributed by atoms with Crippen LogP contribution >= 0.6 is 11.3 Å². The van der Waals surface area contributed by atoms with Crippen LogP contribution < -0.4 is 15.4 Å². The van der Waals surface area contributed by atoms with Crippen LogP contribution in [0.4, 0.5) is 10.5 Å². The third kappa shape index (κ3) is 3.94. The van der Waals surface area contributed by atoms with Gasteiger partial charge in [-0.1, -0.05) is 0 Å². The van der Waals surface area contributed by atoms with Gasteiger partial charge >= 0.3 is 12.1 Å². The summed E-state index contributed by atoms with van der Waals surface area (Å²) >= 11 is 1.36. The number of carbonyl (C=O) groups excluding carboxylic acids is 1. The molecule has 1 saturated heterocycles. The zero-order chi connectivity index (χ0) is 18.7. The predicted molar refractivity (Wildman–Crippen MR) is 96.2 cm³/mol. The summed E-state index contributed by atoms with van der Waals surface area (Å²) in [6.45, 7) is 0.452. The minimum absolute atomic E-state index is 0.0419. The molecule has 4 N–H and O–H groups in total. The van der Waals surface area contributed by atoms with Crippen molar-refractivity contribution in [2.75, 3.05) is 18.1 Å². The summed E-state index contributed by atoms with van der Waals surface area (Å²) in [6, 6.07) is 6.73. The molecule has 0 saturated carbocycles. The summed E-state index contributed by atoms with van der Waals surface area (Å²) in [5.74, 6) is -0.474. The van der Waals surface area contributed by atoms with Gasteiger partial charge in [-0.05, 0) is 29.6 Å². The van der Waals surface area contributed by atoms with Gasteiger partial charge in [-0.3, -0.25) is 15.1 Å². The van der Waals surface area contributed by atoms with Gasteiger partial charge in [0.15, 0.2) is 6.10 Å². The molecule has 3 rings (SSSR count). The van der Waals surface area contributed by atoms with Gasteiger partial charge in [-0.2, -0.15) is 0 Å². The number of nitrogens with zero attached hydrogens (tertiary/aromatic N) is 1. The summed E-state index contributed by atoms with van der Waals surface area (Å²) in [7, 11) is 0. The first-order valence-corrected chi connectivity index (χ1v) is 8.70. The Morgan fingerprint density at radius 2 is 2.12 bits per heavy atom. The second-order valence-electron chi connectivity index (χ2n) is 5.72. The molecule has 1 aromatic carbocycles. The molecule has 136 valence electrons. The van der Waals surface area contributed by atoms with E-state index in [1.54, 1.807) is 35.0 Å². The number of hydrogen-bond donors (Lipinski definition) is 3. The van der Waals surface area contributed by atoms with Crippen LogP contribution in [0, 0.1) is 5.41 Å². The molecule has 8 nitrogen and oxygen atoms in total. The number of amidine groups is 1. The average Bonchev–Trinajstić information content (AvgIpc) is 3.18. The fourth-order valence-electron chi connectivity index (χ4n) is 2.55. The molecule has 9 heteroatoms. The smallest absolute Gasteiger partial charge is 0.414 e. The monoisotopic (exact) mass is 375 g/mol. The van der Waals surface area contributed by atoms with Crippen molar-refractivity contribution in [3.8, 4) is 5.75 Å². The van der Waals surface area contributed by atoms with Crippen molar-refractivity contribution in [2.45, 2.75) is 12.5 Å². The molecular formula is C17H17N3O5S. The fraction of sp³-hybridized carbons (Fsp3) is 0.235. The molecule has 0 bridgehead atoms. The maximum absolute atomic E-state index is 12.1. The van der Waals surface area contributed by atoms with E-state index in [0.29, 0.717) is 29.1 Å². The van der Waals surface area contributed by atoms with Crippen LogP contribution in [-0.4, -0.2) is 42.3 Å². The Balaban J connectivity index is 1.60. The Morgan fingerprint density at radius 3 is 2.77 bits per heavy atom. The summed E-state index contributed by atoms with van der Waals surface area (Å²) in [5.41, 5.74) is 7.24. The zero-order valence-electron chi connectivity index (χ0n) is 13.7. The van der Waals surface area contributed by atoms with Crippen molar-refractivity contribution >= 4 is 34.9 Å². The number of nitrogens with one attached hydrogen (secondary N) is 1. The molecule has 1 fully saturated rings. The Labute approximate surface area is 153 Å². The van der Waals surface area contributed by atoms with Gasteiger partial charge in [-0.25, -0.2) is 4.79 Å². The normalized spacial score (nSPS) is 16.4. The first kappa shape index (κ1) is 17.7. The predicted octanol–water partition coefficient (Wildman–Crippen LogP) is 2.06. The van der Waals surface area contributed by atoms with Crippen LogP contribution in [0.1, 0.15) is 11.1 Å². The van der Waals surface area contributed by atoms with E-state index in [-0.39, 0.29) is 18.9 Å². The van der Waals surface area contributed by atoms with Crippen molar-refractivity contribution < 1.29 is 24.2 Å². The second kappa shape index (κ2) is 7.44. The maximum Gasteiger partial charge on any atom is 0.414 e. The van der Waals surface area contributed by atoms with Crippen LogP contribution in [0.2, 0.25) is 0 Å². The van der Waals surface area contributed by atoms with Crippen LogP contribution in [-0.2, 0) is 16.0 Å². The van der Waals surface area contributed by atoms with Gasteiger partial charge in [0, 0.05) is 22.2 Å².